The van der Waals surface area contributed by atoms with Gasteiger partial charge in [0.25, 0.3) is 0 Å². The van der Waals surface area contributed by atoms with Gasteiger partial charge in [-0.05, 0) is 33.3 Å². The van der Waals surface area contributed by atoms with Gasteiger partial charge >= 0.3 is 5.97 Å². The van der Waals surface area contributed by atoms with E-state index in [1.807, 2.05) is 39.0 Å². The molecule has 0 aliphatic heterocycles. The summed E-state index contributed by atoms with van der Waals surface area (Å²) in [6.07, 6.45) is -0.0226. The number of benzene rings is 1. The quantitative estimate of drug-likeness (QED) is 0.803. The number of nitrogens with two attached hydrogens (primary N) is 1. The molecule has 106 valence electrons. The highest BCUT2D eigenvalue weighted by Gasteiger charge is 2.21. The molecule has 0 heterocycles. The molecule has 1 aromatic carbocycles. The molecule has 0 aliphatic rings. The van der Waals surface area contributed by atoms with Crippen LogP contribution in [0.2, 0.25) is 0 Å². The molecule has 0 aliphatic carbocycles. The van der Waals surface area contributed by atoms with Gasteiger partial charge in [0.05, 0.1) is 6.61 Å². The normalized spacial score (nSPS) is 13.7. The molecule has 1 rings (SSSR count). The maximum Gasteiger partial charge on any atom is 0.347 e. The molecule has 0 bridgehead atoms. The Morgan fingerprint density at radius 2 is 2.05 bits per heavy atom. The Morgan fingerprint density at radius 1 is 1.37 bits per heavy atom. The molecule has 19 heavy (non-hydrogen) atoms. The van der Waals surface area contributed by atoms with Crippen molar-refractivity contribution in [1.82, 2.24) is 0 Å². The lowest BCUT2D eigenvalue weighted by Gasteiger charge is -2.20. The van der Waals surface area contributed by atoms with Crippen LogP contribution in [0.4, 0.5) is 0 Å². The summed E-state index contributed by atoms with van der Waals surface area (Å²) in [5, 5.41) is 0. The fraction of sp³-hybridized carbons (Fsp3) is 0.533. The minimum Gasteiger partial charge on any atom is -0.478 e. The Labute approximate surface area is 114 Å². The fourth-order valence-electron chi connectivity index (χ4n) is 1.82. The summed E-state index contributed by atoms with van der Waals surface area (Å²) in [4.78, 5) is 11.7. The van der Waals surface area contributed by atoms with Gasteiger partial charge in [0.1, 0.15) is 5.75 Å². The maximum absolute atomic E-state index is 11.7. The summed E-state index contributed by atoms with van der Waals surface area (Å²) in [7, 11) is 0. The van der Waals surface area contributed by atoms with Crippen LogP contribution in [0.5, 0.6) is 5.75 Å². The third kappa shape index (κ3) is 4.24. The molecular formula is C15H23NO3. The van der Waals surface area contributed by atoms with Gasteiger partial charge in [0.2, 0.25) is 0 Å². The zero-order valence-corrected chi connectivity index (χ0v) is 12.1. The van der Waals surface area contributed by atoms with E-state index in [9.17, 15) is 4.79 Å². The number of esters is 1. The van der Waals surface area contributed by atoms with Gasteiger partial charge in [0, 0.05) is 11.6 Å². The Morgan fingerprint density at radius 3 is 2.58 bits per heavy atom. The van der Waals surface area contributed by atoms with E-state index in [-0.39, 0.29) is 12.0 Å². The van der Waals surface area contributed by atoms with E-state index in [1.165, 1.54) is 0 Å². The van der Waals surface area contributed by atoms with Crippen LogP contribution in [-0.4, -0.2) is 18.7 Å². The molecular weight excluding hydrogens is 242 g/mol. The van der Waals surface area contributed by atoms with E-state index >= 15 is 0 Å². The highest BCUT2D eigenvalue weighted by atomic mass is 16.6. The van der Waals surface area contributed by atoms with Gasteiger partial charge < -0.3 is 15.2 Å². The molecule has 2 unspecified atom stereocenters. The average Bonchev–Trinajstić information content (AvgIpc) is 2.37. The lowest BCUT2D eigenvalue weighted by Crippen LogP contribution is -2.29. The first-order valence-electron chi connectivity index (χ1n) is 6.69. The summed E-state index contributed by atoms with van der Waals surface area (Å²) in [6.45, 7) is 7.92. The van der Waals surface area contributed by atoms with Gasteiger partial charge in [-0.25, -0.2) is 4.79 Å². The molecule has 0 saturated carbocycles. The van der Waals surface area contributed by atoms with Crippen molar-refractivity contribution < 1.29 is 14.3 Å². The number of hydrogen-bond donors (Lipinski definition) is 1. The van der Waals surface area contributed by atoms with E-state index in [1.54, 1.807) is 6.92 Å². The van der Waals surface area contributed by atoms with E-state index < -0.39 is 6.10 Å². The standard InChI is InChI=1S/C15H23NO3/c1-5-13(15(17)18-6-2)19-14-8-7-10(3)9-12(14)11(4)16/h7-9,11,13H,5-6,16H2,1-4H3. The predicted octanol–water partition coefficient (Wildman–Crippen LogP) is 2.74. The van der Waals surface area contributed by atoms with Crippen molar-refractivity contribution in [3.05, 3.63) is 29.3 Å². The molecule has 1 aromatic rings. The largest absolute Gasteiger partial charge is 0.478 e. The van der Waals surface area contributed by atoms with Crippen LogP contribution < -0.4 is 10.5 Å². The van der Waals surface area contributed by atoms with Crippen LogP contribution in [0.3, 0.4) is 0 Å². The van der Waals surface area contributed by atoms with Crippen molar-refractivity contribution in [2.24, 2.45) is 5.73 Å². The maximum atomic E-state index is 11.7. The van der Waals surface area contributed by atoms with E-state index in [2.05, 4.69) is 0 Å². The van der Waals surface area contributed by atoms with Crippen molar-refractivity contribution in [2.75, 3.05) is 6.61 Å². The van der Waals surface area contributed by atoms with Crippen LogP contribution in [-0.2, 0) is 9.53 Å². The van der Waals surface area contributed by atoms with E-state index in [0.29, 0.717) is 18.8 Å². The third-order valence-electron chi connectivity index (χ3n) is 2.85. The van der Waals surface area contributed by atoms with Gasteiger partial charge in [-0.15, -0.1) is 0 Å². The van der Waals surface area contributed by atoms with E-state index in [4.69, 9.17) is 15.2 Å². The fourth-order valence-corrected chi connectivity index (χ4v) is 1.82. The lowest BCUT2D eigenvalue weighted by molar-refractivity contribution is -0.151. The van der Waals surface area contributed by atoms with Crippen molar-refractivity contribution in [2.45, 2.75) is 46.3 Å². The Bertz CT molecular complexity index is 429. The lowest BCUT2D eigenvalue weighted by atomic mass is 10.0. The molecule has 4 nitrogen and oxygen atoms in total. The van der Waals surface area contributed by atoms with Crippen LogP contribution in [0.15, 0.2) is 18.2 Å². The summed E-state index contributed by atoms with van der Waals surface area (Å²) >= 11 is 0. The second-order valence-corrected chi connectivity index (χ2v) is 4.60. The second kappa shape index (κ2) is 7.14. The minimum absolute atomic E-state index is 0.144. The first-order valence-corrected chi connectivity index (χ1v) is 6.69. The third-order valence-corrected chi connectivity index (χ3v) is 2.85. The van der Waals surface area contributed by atoms with Gasteiger partial charge in [-0.1, -0.05) is 24.6 Å². The molecule has 4 heteroatoms. The number of ether oxygens (including phenoxy) is 2. The van der Waals surface area contributed by atoms with Gasteiger partial charge in [-0.2, -0.15) is 0 Å². The van der Waals surface area contributed by atoms with Crippen molar-refractivity contribution in [3.8, 4) is 5.75 Å². The summed E-state index contributed by atoms with van der Waals surface area (Å²) in [6, 6.07) is 5.64. The second-order valence-electron chi connectivity index (χ2n) is 4.60. The van der Waals surface area contributed by atoms with Crippen molar-refractivity contribution in [1.29, 1.82) is 0 Å². The van der Waals surface area contributed by atoms with Gasteiger partial charge in [-0.3, -0.25) is 0 Å². The predicted molar refractivity (Wildman–Crippen MR) is 75.1 cm³/mol. The SMILES string of the molecule is CCOC(=O)C(CC)Oc1ccc(C)cc1C(C)N. The van der Waals surface area contributed by atoms with Crippen molar-refractivity contribution >= 4 is 5.97 Å². The molecule has 2 atom stereocenters. The molecule has 0 aromatic heterocycles. The number of carbonyl (C=O) groups is 1. The highest BCUT2D eigenvalue weighted by molar-refractivity contribution is 5.75. The van der Waals surface area contributed by atoms with Crippen LogP contribution in [0, 0.1) is 6.92 Å². The zero-order valence-electron chi connectivity index (χ0n) is 12.1. The minimum atomic E-state index is -0.583. The first kappa shape index (κ1) is 15.5. The first-order chi connectivity index (χ1) is 8.99. The summed E-state index contributed by atoms with van der Waals surface area (Å²) < 4.78 is 10.8. The molecule has 2 N–H and O–H groups in total. The molecule has 0 amide bonds. The number of rotatable bonds is 6. The molecule has 0 saturated heterocycles. The van der Waals surface area contributed by atoms with Gasteiger partial charge in [0.15, 0.2) is 6.10 Å². The van der Waals surface area contributed by atoms with Crippen molar-refractivity contribution in [3.63, 3.8) is 0 Å². The summed E-state index contributed by atoms with van der Waals surface area (Å²) in [5.74, 6) is 0.321. The van der Waals surface area contributed by atoms with Crippen LogP contribution >= 0.6 is 0 Å². The average molecular weight is 265 g/mol. The monoisotopic (exact) mass is 265 g/mol. The molecule has 0 radical (unpaired) electrons. The summed E-state index contributed by atoms with van der Waals surface area (Å²) in [5.41, 5.74) is 7.96. The number of aryl methyl sites for hydroxylation is 1. The van der Waals surface area contributed by atoms with Crippen LogP contribution in [0.25, 0.3) is 0 Å². The Balaban J connectivity index is 2.93. The van der Waals surface area contributed by atoms with E-state index in [0.717, 1.165) is 11.1 Å². The smallest absolute Gasteiger partial charge is 0.347 e. The Kier molecular flexibility index (Phi) is 5.83. The van der Waals surface area contributed by atoms with Crippen LogP contribution in [0.1, 0.15) is 44.4 Å². The zero-order chi connectivity index (χ0) is 14.4. The number of hydrogen-bond acceptors (Lipinski definition) is 4. The topological polar surface area (TPSA) is 61.5 Å². The molecule has 0 spiro atoms. The Hall–Kier alpha value is -1.55. The highest BCUT2D eigenvalue weighted by Crippen LogP contribution is 2.26. The number of carbonyl (C=O) groups excluding carboxylic acids is 1. The molecule has 0 fully saturated rings.